The van der Waals surface area contributed by atoms with Crippen LogP contribution in [0.1, 0.15) is 62.7 Å². The number of anilines is 1. The first-order valence-corrected chi connectivity index (χ1v) is 8.73. The van der Waals surface area contributed by atoms with Crippen molar-refractivity contribution >= 4 is 17.7 Å². The van der Waals surface area contributed by atoms with Crippen molar-refractivity contribution in [2.75, 3.05) is 18.0 Å². The van der Waals surface area contributed by atoms with Gasteiger partial charge in [-0.05, 0) is 38.3 Å². The number of carboxylic acid groups (broad SMARTS) is 1. The van der Waals surface area contributed by atoms with Gasteiger partial charge in [0.15, 0.2) is 0 Å². The maximum atomic E-state index is 12.4. The predicted molar refractivity (Wildman–Crippen MR) is 93.3 cm³/mol. The van der Waals surface area contributed by atoms with Crippen molar-refractivity contribution in [3.05, 3.63) is 23.9 Å². The summed E-state index contributed by atoms with van der Waals surface area (Å²) in [5.41, 5.74) is -0.868. The molecule has 0 aromatic carbocycles. The normalized spacial score (nSPS) is 17.7. The smallest absolute Gasteiger partial charge is 0.329 e. The molecule has 1 aliphatic rings. The summed E-state index contributed by atoms with van der Waals surface area (Å²) in [6, 6.07) is 3.56. The molecule has 24 heavy (non-hydrogen) atoms. The Balaban J connectivity index is 2.06. The number of carbonyl (C=O) groups is 2. The van der Waals surface area contributed by atoms with Crippen LogP contribution in [0.3, 0.4) is 0 Å². The number of hydrogen-bond donors (Lipinski definition) is 2. The zero-order valence-corrected chi connectivity index (χ0v) is 14.5. The number of hydrogen-bond acceptors (Lipinski definition) is 4. The highest BCUT2D eigenvalue weighted by molar-refractivity contribution is 5.97. The lowest BCUT2D eigenvalue weighted by molar-refractivity contribution is -0.144. The Labute approximate surface area is 143 Å². The van der Waals surface area contributed by atoms with Crippen LogP contribution < -0.4 is 10.2 Å². The molecule has 0 radical (unpaired) electrons. The second-order valence-electron chi connectivity index (χ2n) is 6.65. The van der Waals surface area contributed by atoms with Gasteiger partial charge in [-0.3, -0.25) is 4.79 Å². The highest BCUT2D eigenvalue weighted by atomic mass is 16.4. The van der Waals surface area contributed by atoms with Crippen molar-refractivity contribution in [1.82, 2.24) is 10.3 Å². The number of carbonyl (C=O) groups excluding carboxylic acids is 1. The van der Waals surface area contributed by atoms with E-state index in [9.17, 15) is 14.7 Å². The quantitative estimate of drug-likeness (QED) is 0.836. The van der Waals surface area contributed by atoms with Crippen molar-refractivity contribution in [2.45, 2.75) is 57.9 Å². The molecule has 2 N–H and O–H groups in total. The lowest BCUT2D eigenvalue weighted by Gasteiger charge is -2.26. The molecule has 0 saturated carbocycles. The molecule has 1 aromatic heterocycles. The van der Waals surface area contributed by atoms with Gasteiger partial charge in [-0.15, -0.1) is 0 Å². The molecule has 1 amide bonds. The maximum Gasteiger partial charge on any atom is 0.329 e. The van der Waals surface area contributed by atoms with Crippen molar-refractivity contribution in [3.8, 4) is 0 Å². The molecule has 0 aliphatic carbocycles. The van der Waals surface area contributed by atoms with Crippen LogP contribution in [0.25, 0.3) is 0 Å². The van der Waals surface area contributed by atoms with E-state index in [2.05, 4.69) is 15.2 Å². The van der Waals surface area contributed by atoms with Gasteiger partial charge in [0.1, 0.15) is 11.4 Å². The standard InChI is InChI=1S/C18H27N3O3/c1-3-10-18(2,17(23)24)20-16(22)14-8-9-15(19-13-14)21-11-6-4-5-7-12-21/h8-9,13H,3-7,10-12H2,1-2H3,(H,20,22)(H,23,24). The van der Waals surface area contributed by atoms with Gasteiger partial charge in [0.05, 0.1) is 5.56 Å². The predicted octanol–water partition coefficient (Wildman–Crippen LogP) is 2.84. The number of rotatable bonds is 6. The SMILES string of the molecule is CCCC(C)(NC(=O)c1ccc(N2CCCCCC2)nc1)C(=O)O. The van der Waals surface area contributed by atoms with Crippen LogP contribution in [0.2, 0.25) is 0 Å². The average molecular weight is 333 g/mol. The maximum absolute atomic E-state index is 12.4. The molecule has 6 nitrogen and oxygen atoms in total. The van der Waals surface area contributed by atoms with Crippen molar-refractivity contribution in [2.24, 2.45) is 0 Å². The molecule has 6 heteroatoms. The monoisotopic (exact) mass is 333 g/mol. The van der Waals surface area contributed by atoms with E-state index in [4.69, 9.17) is 0 Å². The van der Waals surface area contributed by atoms with Gasteiger partial charge in [-0.1, -0.05) is 26.2 Å². The Bertz CT molecular complexity index is 565. The first-order valence-electron chi connectivity index (χ1n) is 8.73. The summed E-state index contributed by atoms with van der Waals surface area (Å²) in [4.78, 5) is 30.4. The van der Waals surface area contributed by atoms with E-state index in [1.165, 1.54) is 26.0 Å². The minimum absolute atomic E-state index is 0.382. The van der Waals surface area contributed by atoms with E-state index in [0.29, 0.717) is 18.4 Å². The zero-order chi connectivity index (χ0) is 17.6. The molecule has 1 aliphatic heterocycles. The molecule has 0 spiro atoms. The lowest BCUT2D eigenvalue weighted by Crippen LogP contribution is -2.52. The van der Waals surface area contributed by atoms with Crippen LogP contribution in [0.4, 0.5) is 5.82 Å². The number of nitrogens with one attached hydrogen (secondary N) is 1. The summed E-state index contributed by atoms with van der Waals surface area (Å²) in [7, 11) is 0. The minimum atomic E-state index is -1.25. The first kappa shape index (κ1) is 18.2. The van der Waals surface area contributed by atoms with Gasteiger partial charge in [-0.2, -0.15) is 0 Å². The Kier molecular flexibility index (Phi) is 6.17. The Morgan fingerprint density at radius 3 is 2.42 bits per heavy atom. The van der Waals surface area contributed by atoms with E-state index in [1.807, 2.05) is 13.0 Å². The fraction of sp³-hybridized carbons (Fsp3) is 0.611. The van der Waals surface area contributed by atoms with E-state index in [1.54, 1.807) is 6.07 Å². The van der Waals surface area contributed by atoms with Crippen LogP contribution in [0.5, 0.6) is 0 Å². The molecule has 1 atom stereocenters. The molecule has 1 fully saturated rings. The minimum Gasteiger partial charge on any atom is -0.480 e. The third-order valence-electron chi connectivity index (χ3n) is 4.55. The summed E-state index contributed by atoms with van der Waals surface area (Å²) in [5, 5.41) is 12.0. The van der Waals surface area contributed by atoms with Gasteiger partial charge in [0.25, 0.3) is 5.91 Å². The zero-order valence-electron chi connectivity index (χ0n) is 14.5. The van der Waals surface area contributed by atoms with Crippen LogP contribution >= 0.6 is 0 Å². The number of carboxylic acids is 1. The van der Waals surface area contributed by atoms with Gasteiger partial charge < -0.3 is 15.3 Å². The lowest BCUT2D eigenvalue weighted by atomic mass is 9.96. The fourth-order valence-corrected chi connectivity index (χ4v) is 3.05. The van der Waals surface area contributed by atoms with Gasteiger partial charge in [0.2, 0.25) is 0 Å². The third kappa shape index (κ3) is 4.46. The molecule has 1 aromatic rings. The summed E-state index contributed by atoms with van der Waals surface area (Å²) in [6.07, 6.45) is 7.42. The Morgan fingerprint density at radius 1 is 1.25 bits per heavy atom. The molecular formula is C18H27N3O3. The second-order valence-corrected chi connectivity index (χ2v) is 6.65. The van der Waals surface area contributed by atoms with Crippen molar-refractivity contribution in [3.63, 3.8) is 0 Å². The number of aromatic nitrogens is 1. The number of aliphatic carboxylic acids is 1. The van der Waals surface area contributed by atoms with E-state index >= 15 is 0 Å². The summed E-state index contributed by atoms with van der Waals surface area (Å²) in [6.45, 7) is 5.42. The Morgan fingerprint density at radius 2 is 1.92 bits per heavy atom. The van der Waals surface area contributed by atoms with Crippen molar-refractivity contribution in [1.29, 1.82) is 0 Å². The van der Waals surface area contributed by atoms with E-state index < -0.39 is 17.4 Å². The molecule has 132 valence electrons. The van der Waals surface area contributed by atoms with Crippen LogP contribution in [-0.2, 0) is 4.79 Å². The topological polar surface area (TPSA) is 82.5 Å². The summed E-state index contributed by atoms with van der Waals surface area (Å²) >= 11 is 0. The highest BCUT2D eigenvalue weighted by Gasteiger charge is 2.34. The van der Waals surface area contributed by atoms with Gasteiger partial charge in [-0.25, -0.2) is 9.78 Å². The number of nitrogens with zero attached hydrogens (tertiary/aromatic N) is 2. The first-order chi connectivity index (χ1) is 11.5. The van der Waals surface area contributed by atoms with Crippen LogP contribution in [-0.4, -0.2) is 40.6 Å². The second kappa shape index (κ2) is 8.13. The molecular weight excluding hydrogens is 306 g/mol. The van der Waals surface area contributed by atoms with Crippen LogP contribution in [0, 0.1) is 0 Å². The molecule has 1 unspecified atom stereocenters. The number of pyridine rings is 1. The van der Waals surface area contributed by atoms with E-state index in [0.717, 1.165) is 31.7 Å². The Hall–Kier alpha value is -2.11. The third-order valence-corrected chi connectivity index (χ3v) is 4.55. The van der Waals surface area contributed by atoms with Gasteiger partial charge >= 0.3 is 5.97 Å². The molecule has 0 bridgehead atoms. The van der Waals surface area contributed by atoms with Crippen LogP contribution in [0.15, 0.2) is 18.3 Å². The highest BCUT2D eigenvalue weighted by Crippen LogP contribution is 2.18. The van der Waals surface area contributed by atoms with Gasteiger partial charge in [0, 0.05) is 19.3 Å². The molecule has 2 rings (SSSR count). The largest absolute Gasteiger partial charge is 0.480 e. The molecule has 2 heterocycles. The van der Waals surface area contributed by atoms with Crippen molar-refractivity contribution < 1.29 is 14.7 Å². The number of amides is 1. The summed E-state index contributed by atoms with van der Waals surface area (Å²) < 4.78 is 0. The fourth-order valence-electron chi connectivity index (χ4n) is 3.05. The average Bonchev–Trinajstić information content (AvgIpc) is 2.84. The molecule has 1 saturated heterocycles. The summed E-state index contributed by atoms with van der Waals surface area (Å²) in [5.74, 6) is -0.543. The van der Waals surface area contributed by atoms with E-state index in [-0.39, 0.29) is 0 Å².